The van der Waals surface area contributed by atoms with Gasteiger partial charge in [-0.2, -0.15) is 0 Å². The van der Waals surface area contributed by atoms with E-state index in [0.29, 0.717) is 31.8 Å². The van der Waals surface area contributed by atoms with Gasteiger partial charge in [-0.25, -0.2) is 13.8 Å². The fourth-order valence-electron chi connectivity index (χ4n) is 3.38. The van der Waals surface area contributed by atoms with Crippen molar-refractivity contribution in [2.75, 3.05) is 13.1 Å². The third-order valence-corrected chi connectivity index (χ3v) is 4.97. The highest BCUT2D eigenvalue weighted by Crippen LogP contribution is 2.30. The van der Waals surface area contributed by atoms with Crippen LogP contribution in [0.1, 0.15) is 31.7 Å². The molecule has 2 aromatic rings. The molecule has 3 rings (SSSR count). The molecule has 0 aliphatic carbocycles. The largest absolute Gasteiger partial charge is 0.478 e. The molecule has 1 aliphatic rings. The number of aliphatic hydroxyl groups is 1. The lowest BCUT2D eigenvalue weighted by molar-refractivity contribution is -0.140. The fourth-order valence-corrected chi connectivity index (χ4v) is 3.38. The number of halogens is 2. The SMILES string of the molecule is CC(Oc1ccc(F)cc1F)C(=O)N1CCC(C(O)c2nccn2C)CC1. The molecule has 0 radical (unpaired) electrons. The lowest BCUT2D eigenvalue weighted by Crippen LogP contribution is -2.45. The van der Waals surface area contributed by atoms with Gasteiger partial charge in [-0.3, -0.25) is 4.79 Å². The van der Waals surface area contributed by atoms with Crippen molar-refractivity contribution in [3.63, 3.8) is 0 Å². The molecule has 2 unspecified atom stereocenters. The van der Waals surface area contributed by atoms with Crippen LogP contribution in [0.5, 0.6) is 5.75 Å². The number of rotatable bonds is 5. The molecule has 1 amide bonds. The molecule has 0 bridgehead atoms. The molecule has 0 saturated carbocycles. The van der Waals surface area contributed by atoms with Gasteiger partial charge in [0.15, 0.2) is 17.7 Å². The van der Waals surface area contributed by atoms with E-state index < -0.39 is 23.8 Å². The first kappa shape index (κ1) is 19.3. The van der Waals surface area contributed by atoms with Gasteiger partial charge >= 0.3 is 0 Å². The summed E-state index contributed by atoms with van der Waals surface area (Å²) in [7, 11) is 1.83. The zero-order valence-electron chi connectivity index (χ0n) is 15.3. The number of ether oxygens (including phenoxy) is 1. The number of aromatic nitrogens is 2. The Morgan fingerprint density at radius 1 is 1.33 bits per heavy atom. The van der Waals surface area contributed by atoms with Crippen molar-refractivity contribution in [3.8, 4) is 5.75 Å². The van der Waals surface area contributed by atoms with Crippen LogP contribution in [0.4, 0.5) is 8.78 Å². The van der Waals surface area contributed by atoms with E-state index in [0.717, 1.165) is 12.1 Å². The Balaban J connectivity index is 1.55. The van der Waals surface area contributed by atoms with Crippen LogP contribution in [0.2, 0.25) is 0 Å². The Morgan fingerprint density at radius 3 is 2.63 bits per heavy atom. The molecule has 8 heteroatoms. The monoisotopic (exact) mass is 379 g/mol. The third-order valence-electron chi connectivity index (χ3n) is 4.97. The molecule has 27 heavy (non-hydrogen) atoms. The van der Waals surface area contributed by atoms with Crippen molar-refractivity contribution >= 4 is 5.91 Å². The van der Waals surface area contributed by atoms with Gasteiger partial charge in [0.1, 0.15) is 17.7 Å². The average molecular weight is 379 g/mol. The lowest BCUT2D eigenvalue weighted by Gasteiger charge is -2.35. The number of hydrogen-bond donors (Lipinski definition) is 1. The van der Waals surface area contributed by atoms with Gasteiger partial charge in [0.05, 0.1) is 0 Å². The Kier molecular flexibility index (Phi) is 5.74. The highest BCUT2D eigenvalue weighted by molar-refractivity contribution is 5.81. The van der Waals surface area contributed by atoms with Crippen molar-refractivity contribution in [3.05, 3.63) is 48.1 Å². The molecule has 1 saturated heterocycles. The summed E-state index contributed by atoms with van der Waals surface area (Å²) in [5.74, 6) is -1.33. The molecular weight excluding hydrogens is 356 g/mol. The van der Waals surface area contributed by atoms with E-state index in [1.165, 1.54) is 6.07 Å². The van der Waals surface area contributed by atoms with Gasteiger partial charge in [0.25, 0.3) is 5.91 Å². The Morgan fingerprint density at radius 2 is 2.04 bits per heavy atom. The summed E-state index contributed by atoms with van der Waals surface area (Å²) >= 11 is 0. The summed E-state index contributed by atoms with van der Waals surface area (Å²) in [4.78, 5) is 18.4. The van der Waals surface area contributed by atoms with Gasteiger partial charge in [-0.15, -0.1) is 0 Å². The lowest BCUT2D eigenvalue weighted by atomic mass is 9.90. The first-order valence-corrected chi connectivity index (χ1v) is 8.92. The van der Waals surface area contributed by atoms with Crippen molar-refractivity contribution < 1.29 is 23.4 Å². The van der Waals surface area contributed by atoms with E-state index in [2.05, 4.69) is 4.98 Å². The van der Waals surface area contributed by atoms with Crippen molar-refractivity contribution in [2.45, 2.75) is 32.0 Å². The Hall–Kier alpha value is -2.48. The highest BCUT2D eigenvalue weighted by atomic mass is 19.1. The van der Waals surface area contributed by atoms with Crippen LogP contribution in [0.15, 0.2) is 30.6 Å². The predicted molar refractivity (Wildman–Crippen MR) is 93.9 cm³/mol. The summed E-state index contributed by atoms with van der Waals surface area (Å²) in [5, 5.41) is 10.5. The van der Waals surface area contributed by atoms with E-state index >= 15 is 0 Å². The topological polar surface area (TPSA) is 67.6 Å². The van der Waals surface area contributed by atoms with Gasteiger partial charge in [-0.1, -0.05) is 0 Å². The summed E-state index contributed by atoms with van der Waals surface area (Å²) in [6, 6.07) is 2.97. The van der Waals surface area contributed by atoms with E-state index in [1.54, 1.807) is 28.8 Å². The summed E-state index contributed by atoms with van der Waals surface area (Å²) < 4.78 is 33.8. The highest BCUT2D eigenvalue weighted by Gasteiger charge is 2.32. The molecule has 1 aromatic carbocycles. The molecule has 0 spiro atoms. The maximum absolute atomic E-state index is 13.7. The van der Waals surface area contributed by atoms with Crippen LogP contribution < -0.4 is 4.74 Å². The van der Waals surface area contributed by atoms with Gasteiger partial charge < -0.3 is 19.3 Å². The first-order valence-electron chi connectivity index (χ1n) is 8.92. The quantitative estimate of drug-likeness (QED) is 0.867. The molecule has 1 aliphatic heterocycles. The number of aryl methyl sites for hydroxylation is 1. The van der Waals surface area contributed by atoms with Crippen LogP contribution in [0.25, 0.3) is 0 Å². The molecular formula is C19H23F2N3O3. The maximum atomic E-state index is 13.7. The molecule has 1 aromatic heterocycles. The molecule has 146 valence electrons. The summed E-state index contributed by atoms with van der Waals surface area (Å²) in [5.41, 5.74) is 0. The van der Waals surface area contributed by atoms with Crippen LogP contribution >= 0.6 is 0 Å². The number of amides is 1. The van der Waals surface area contributed by atoms with Gasteiger partial charge in [-0.05, 0) is 37.8 Å². The standard InChI is InChI=1S/C19H23F2N3O3/c1-12(27-16-4-3-14(20)11-15(16)21)19(26)24-8-5-13(6-9-24)17(25)18-22-7-10-23(18)2/h3-4,7,10-13,17,25H,5-6,8-9H2,1-2H3. The minimum absolute atomic E-state index is 0.0147. The number of piperidine rings is 1. The van der Waals surface area contributed by atoms with Gasteiger partial charge in [0, 0.05) is 38.6 Å². The van der Waals surface area contributed by atoms with E-state index in [1.807, 2.05) is 7.05 Å². The second-order valence-corrected chi connectivity index (χ2v) is 6.84. The van der Waals surface area contributed by atoms with Crippen molar-refractivity contribution in [1.29, 1.82) is 0 Å². The summed E-state index contributed by atoms with van der Waals surface area (Å²) in [6.45, 7) is 2.50. The third kappa shape index (κ3) is 4.27. The maximum Gasteiger partial charge on any atom is 0.263 e. The van der Waals surface area contributed by atoms with Gasteiger partial charge in [0.2, 0.25) is 0 Å². The zero-order chi connectivity index (χ0) is 19.6. The summed E-state index contributed by atoms with van der Waals surface area (Å²) in [6.07, 6.45) is 3.13. The van der Waals surface area contributed by atoms with Crippen LogP contribution in [-0.4, -0.2) is 44.7 Å². The smallest absolute Gasteiger partial charge is 0.263 e. The second kappa shape index (κ2) is 8.04. The number of likely N-dealkylation sites (tertiary alicyclic amines) is 1. The number of carbonyl (C=O) groups excluding carboxylic acids is 1. The van der Waals surface area contributed by atoms with E-state index in [9.17, 15) is 18.7 Å². The molecule has 2 heterocycles. The molecule has 1 N–H and O–H groups in total. The molecule has 6 nitrogen and oxygen atoms in total. The van der Waals surface area contributed by atoms with Crippen molar-refractivity contribution in [2.24, 2.45) is 13.0 Å². The average Bonchev–Trinajstić information content (AvgIpc) is 3.08. The molecule has 1 fully saturated rings. The number of imidazole rings is 1. The Bertz CT molecular complexity index is 803. The van der Waals surface area contributed by atoms with Crippen LogP contribution in [-0.2, 0) is 11.8 Å². The minimum Gasteiger partial charge on any atom is -0.478 e. The first-order chi connectivity index (χ1) is 12.9. The normalized spacial score (nSPS) is 17.6. The molecule has 2 atom stereocenters. The number of carbonyl (C=O) groups is 1. The number of nitrogens with zero attached hydrogens (tertiary/aromatic N) is 3. The van der Waals surface area contributed by atoms with E-state index in [4.69, 9.17) is 4.74 Å². The van der Waals surface area contributed by atoms with Crippen molar-refractivity contribution in [1.82, 2.24) is 14.5 Å². The number of hydrogen-bond acceptors (Lipinski definition) is 4. The van der Waals surface area contributed by atoms with Crippen LogP contribution in [0, 0.1) is 17.6 Å². The number of benzene rings is 1. The minimum atomic E-state index is -0.888. The predicted octanol–water partition coefficient (Wildman–Crippen LogP) is 2.44. The zero-order valence-corrected chi connectivity index (χ0v) is 15.3. The fraction of sp³-hybridized carbons (Fsp3) is 0.474. The number of aliphatic hydroxyl groups excluding tert-OH is 1. The van der Waals surface area contributed by atoms with Crippen LogP contribution in [0.3, 0.4) is 0 Å². The van der Waals surface area contributed by atoms with E-state index in [-0.39, 0.29) is 17.6 Å². The second-order valence-electron chi connectivity index (χ2n) is 6.84. The Labute approximate surface area is 156 Å².